The van der Waals surface area contributed by atoms with Gasteiger partial charge >= 0.3 is 0 Å². The third-order valence-electron chi connectivity index (χ3n) is 2.54. The van der Waals surface area contributed by atoms with E-state index in [1.807, 2.05) is 0 Å². The summed E-state index contributed by atoms with van der Waals surface area (Å²) < 4.78 is 0. The first kappa shape index (κ1) is 9.05. The Labute approximate surface area is 70.6 Å². The molecule has 1 rings (SSSR count). The fourth-order valence-corrected chi connectivity index (χ4v) is 2.00. The zero-order valence-electron chi connectivity index (χ0n) is 8.28. The summed E-state index contributed by atoms with van der Waals surface area (Å²) in [5, 5.41) is 3.32. The summed E-state index contributed by atoms with van der Waals surface area (Å²) in [4.78, 5) is 0. The van der Waals surface area contributed by atoms with Gasteiger partial charge in [-0.3, -0.25) is 0 Å². The van der Waals surface area contributed by atoms with Gasteiger partial charge in [0.1, 0.15) is 0 Å². The Morgan fingerprint density at radius 1 is 1.27 bits per heavy atom. The van der Waals surface area contributed by atoms with Gasteiger partial charge in [-0.05, 0) is 37.6 Å². The molecule has 1 aliphatic carbocycles. The lowest BCUT2D eigenvalue weighted by Gasteiger charge is -2.38. The molecule has 0 aromatic heterocycles. The Morgan fingerprint density at radius 2 is 1.82 bits per heavy atom. The van der Waals surface area contributed by atoms with Crippen LogP contribution >= 0.6 is 0 Å². The van der Waals surface area contributed by atoms with Gasteiger partial charge in [-0.1, -0.05) is 20.8 Å². The van der Waals surface area contributed by atoms with E-state index < -0.39 is 0 Å². The molecule has 1 aliphatic rings. The lowest BCUT2D eigenvalue weighted by molar-refractivity contribution is 0.164. The fourth-order valence-electron chi connectivity index (χ4n) is 2.00. The Balaban J connectivity index is 2.14. The minimum absolute atomic E-state index is 0.531. The van der Waals surface area contributed by atoms with E-state index in [1.54, 1.807) is 0 Å². The molecule has 0 atom stereocenters. The molecule has 0 heterocycles. The highest BCUT2D eigenvalue weighted by Crippen LogP contribution is 2.36. The van der Waals surface area contributed by atoms with E-state index in [0.717, 1.165) is 12.0 Å². The summed E-state index contributed by atoms with van der Waals surface area (Å²) in [6, 6.07) is 0.822. The molecule has 0 spiro atoms. The minimum atomic E-state index is 0.531. The molecule has 1 saturated carbocycles. The molecule has 66 valence electrons. The molecule has 0 aromatic rings. The van der Waals surface area contributed by atoms with E-state index in [4.69, 9.17) is 0 Å². The van der Waals surface area contributed by atoms with Gasteiger partial charge in [0.25, 0.3) is 0 Å². The van der Waals surface area contributed by atoms with E-state index in [-0.39, 0.29) is 0 Å². The largest absolute Gasteiger partial charge is 0.317 e. The predicted molar refractivity (Wildman–Crippen MR) is 49.6 cm³/mol. The van der Waals surface area contributed by atoms with Crippen LogP contribution in [0.4, 0.5) is 0 Å². The standard InChI is InChI=1S/C10H21N/c1-10(2,3)7-8-5-9(6-8)11-4/h8-9,11H,5-7H2,1-4H3. The molecule has 0 saturated heterocycles. The van der Waals surface area contributed by atoms with Crippen molar-refractivity contribution in [2.75, 3.05) is 7.05 Å². The van der Waals surface area contributed by atoms with E-state index in [1.165, 1.54) is 19.3 Å². The summed E-state index contributed by atoms with van der Waals surface area (Å²) in [6.45, 7) is 7.00. The first-order valence-electron chi connectivity index (χ1n) is 4.68. The summed E-state index contributed by atoms with van der Waals surface area (Å²) in [7, 11) is 2.07. The van der Waals surface area contributed by atoms with Gasteiger partial charge in [0, 0.05) is 6.04 Å². The molecule has 1 heteroatoms. The first-order chi connectivity index (χ1) is 5.01. The van der Waals surface area contributed by atoms with Gasteiger partial charge in [0.15, 0.2) is 0 Å². The molecular weight excluding hydrogens is 134 g/mol. The Hall–Kier alpha value is -0.0400. The topological polar surface area (TPSA) is 12.0 Å². The van der Waals surface area contributed by atoms with Crippen molar-refractivity contribution in [3.05, 3.63) is 0 Å². The van der Waals surface area contributed by atoms with Gasteiger partial charge in [-0.2, -0.15) is 0 Å². The normalized spacial score (nSPS) is 31.6. The highest BCUT2D eigenvalue weighted by atomic mass is 14.9. The third kappa shape index (κ3) is 2.82. The maximum absolute atomic E-state index is 3.32. The molecule has 1 nitrogen and oxygen atoms in total. The molecule has 0 unspecified atom stereocenters. The van der Waals surface area contributed by atoms with Crippen LogP contribution in [0.2, 0.25) is 0 Å². The Kier molecular flexibility index (Phi) is 2.58. The van der Waals surface area contributed by atoms with Crippen LogP contribution in [0.3, 0.4) is 0 Å². The fraction of sp³-hybridized carbons (Fsp3) is 1.00. The zero-order valence-corrected chi connectivity index (χ0v) is 8.28. The van der Waals surface area contributed by atoms with Crippen LogP contribution < -0.4 is 5.32 Å². The summed E-state index contributed by atoms with van der Waals surface area (Å²) in [5.41, 5.74) is 0.531. The number of hydrogen-bond acceptors (Lipinski definition) is 1. The lowest BCUT2D eigenvalue weighted by atomic mass is 9.72. The van der Waals surface area contributed by atoms with Crippen molar-refractivity contribution in [2.45, 2.75) is 46.1 Å². The van der Waals surface area contributed by atoms with Crippen LogP contribution in [0.5, 0.6) is 0 Å². The Morgan fingerprint density at radius 3 is 2.18 bits per heavy atom. The van der Waals surface area contributed by atoms with Gasteiger partial charge in [-0.15, -0.1) is 0 Å². The van der Waals surface area contributed by atoms with Crippen LogP contribution in [0.25, 0.3) is 0 Å². The van der Waals surface area contributed by atoms with Crippen molar-refractivity contribution in [1.29, 1.82) is 0 Å². The molecule has 0 aromatic carbocycles. The van der Waals surface area contributed by atoms with Crippen LogP contribution in [-0.4, -0.2) is 13.1 Å². The monoisotopic (exact) mass is 155 g/mol. The van der Waals surface area contributed by atoms with Crippen molar-refractivity contribution in [3.63, 3.8) is 0 Å². The van der Waals surface area contributed by atoms with E-state index in [2.05, 4.69) is 33.1 Å². The molecule has 0 bridgehead atoms. The van der Waals surface area contributed by atoms with Crippen LogP contribution in [0.15, 0.2) is 0 Å². The second-order valence-corrected chi connectivity index (χ2v) is 5.09. The van der Waals surface area contributed by atoms with Gasteiger partial charge in [-0.25, -0.2) is 0 Å². The predicted octanol–water partition coefficient (Wildman–Crippen LogP) is 2.42. The molecule has 0 amide bonds. The molecule has 0 aliphatic heterocycles. The second-order valence-electron chi connectivity index (χ2n) is 5.09. The number of nitrogens with one attached hydrogen (secondary N) is 1. The summed E-state index contributed by atoms with van der Waals surface area (Å²) >= 11 is 0. The molecular formula is C10H21N. The van der Waals surface area contributed by atoms with Crippen LogP contribution in [0, 0.1) is 11.3 Å². The van der Waals surface area contributed by atoms with Crippen molar-refractivity contribution in [2.24, 2.45) is 11.3 Å². The average Bonchev–Trinajstić information content (AvgIpc) is 1.75. The highest BCUT2D eigenvalue weighted by Gasteiger charge is 2.30. The molecule has 0 radical (unpaired) electrons. The zero-order chi connectivity index (χ0) is 8.48. The number of rotatable bonds is 2. The first-order valence-corrected chi connectivity index (χ1v) is 4.68. The van der Waals surface area contributed by atoms with Gasteiger partial charge in [0.2, 0.25) is 0 Å². The van der Waals surface area contributed by atoms with Crippen LogP contribution in [-0.2, 0) is 0 Å². The van der Waals surface area contributed by atoms with E-state index in [9.17, 15) is 0 Å². The molecule has 11 heavy (non-hydrogen) atoms. The second kappa shape index (κ2) is 3.14. The summed E-state index contributed by atoms with van der Waals surface area (Å²) in [5.74, 6) is 0.993. The van der Waals surface area contributed by atoms with Crippen LogP contribution in [0.1, 0.15) is 40.0 Å². The maximum Gasteiger partial charge on any atom is 0.00693 e. The van der Waals surface area contributed by atoms with Crippen molar-refractivity contribution in [3.8, 4) is 0 Å². The molecule has 1 fully saturated rings. The average molecular weight is 155 g/mol. The lowest BCUT2D eigenvalue weighted by Crippen LogP contribution is -2.40. The minimum Gasteiger partial charge on any atom is -0.317 e. The van der Waals surface area contributed by atoms with E-state index >= 15 is 0 Å². The van der Waals surface area contributed by atoms with Crippen molar-refractivity contribution in [1.82, 2.24) is 5.32 Å². The smallest absolute Gasteiger partial charge is 0.00693 e. The third-order valence-corrected chi connectivity index (χ3v) is 2.54. The Bertz CT molecular complexity index is 117. The maximum atomic E-state index is 3.32. The number of hydrogen-bond donors (Lipinski definition) is 1. The SMILES string of the molecule is CNC1CC(CC(C)(C)C)C1. The molecule has 1 N–H and O–H groups in total. The van der Waals surface area contributed by atoms with Gasteiger partial charge < -0.3 is 5.32 Å². The summed E-state index contributed by atoms with van der Waals surface area (Å²) in [6.07, 6.45) is 4.19. The van der Waals surface area contributed by atoms with Crippen molar-refractivity contribution < 1.29 is 0 Å². The highest BCUT2D eigenvalue weighted by molar-refractivity contribution is 4.86. The quantitative estimate of drug-likeness (QED) is 0.645. The van der Waals surface area contributed by atoms with E-state index in [0.29, 0.717) is 5.41 Å². The van der Waals surface area contributed by atoms with Crippen molar-refractivity contribution >= 4 is 0 Å². The van der Waals surface area contributed by atoms with Gasteiger partial charge in [0.05, 0.1) is 0 Å².